The van der Waals surface area contributed by atoms with Crippen molar-refractivity contribution in [3.05, 3.63) is 182 Å². The molecule has 0 radical (unpaired) electrons. The van der Waals surface area contributed by atoms with Crippen molar-refractivity contribution in [3.63, 3.8) is 0 Å². The lowest BCUT2D eigenvalue weighted by Crippen LogP contribution is -1.91. The monoisotopic (exact) mass is 718 g/mol. The Balaban J connectivity index is 1.06. The summed E-state index contributed by atoms with van der Waals surface area (Å²) in [4.78, 5) is 0. The first-order valence-electron chi connectivity index (χ1n) is 18.5. The van der Waals surface area contributed by atoms with Crippen molar-refractivity contribution < 1.29 is 0 Å². The molecule has 0 amide bonds. The molecule has 0 saturated carbocycles. The minimum atomic E-state index is 1.23. The van der Waals surface area contributed by atoms with Gasteiger partial charge >= 0.3 is 0 Å². The summed E-state index contributed by atoms with van der Waals surface area (Å²) in [5.74, 6) is 0. The highest BCUT2D eigenvalue weighted by atomic mass is 32.1. The number of hydrogen-bond acceptors (Lipinski definition) is 2. The lowest BCUT2D eigenvalue weighted by atomic mass is 9.85. The highest BCUT2D eigenvalue weighted by Crippen LogP contribution is 2.47. The zero-order valence-corrected chi connectivity index (χ0v) is 30.8. The SMILES string of the molecule is c1cc(-c2ccc3ccccc3c2)cc(-c2c3ccccc3c(-c3ccc4sc5cc6c(cc5c4c3)sc3c4ccccc4ccc63)c3ccccc23)c1. The van der Waals surface area contributed by atoms with Crippen LogP contribution >= 0.6 is 22.7 Å². The van der Waals surface area contributed by atoms with Crippen LogP contribution in [0.15, 0.2) is 182 Å². The molecule has 0 fully saturated rings. The van der Waals surface area contributed by atoms with Crippen LogP contribution in [0, 0.1) is 0 Å². The molecule has 2 aromatic heterocycles. The second kappa shape index (κ2) is 11.6. The van der Waals surface area contributed by atoms with E-state index in [1.54, 1.807) is 0 Å². The first-order chi connectivity index (χ1) is 26.7. The molecule has 2 heterocycles. The number of fused-ring (bicyclic) bond motifs is 11. The summed E-state index contributed by atoms with van der Waals surface area (Å²) in [6.07, 6.45) is 0. The molecule has 54 heavy (non-hydrogen) atoms. The normalized spacial score (nSPS) is 12.1. The van der Waals surface area contributed by atoms with Crippen LogP contribution in [0.2, 0.25) is 0 Å². The Morgan fingerprint density at radius 3 is 1.50 bits per heavy atom. The summed E-state index contributed by atoms with van der Waals surface area (Å²) < 4.78 is 5.41. The van der Waals surface area contributed by atoms with Gasteiger partial charge in [0.1, 0.15) is 0 Å². The fourth-order valence-corrected chi connectivity index (χ4v) is 11.3. The maximum atomic E-state index is 2.46. The van der Waals surface area contributed by atoms with E-state index in [2.05, 4.69) is 182 Å². The first kappa shape index (κ1) is 30.2. The fourth-order valence-electron chi connectivity index (χ4n) is 8.90. The molecule has 2 heteroatoms. The molecule has 10 aromatic carbocycles. The molecule has 0 atom stereocenters. The van der Waals surface area contributed by atoms with Crippen molar-refractivity contribution in [1.29, 1.82) is 0 Å². The van der Waals surface area contributed by atoms with Gasteiger partial charge in [0.15, 0.2) is 0 Å². The molecule has 12 rings (SSSR count). The Hall–Kier alpha value is -6.32. The topological polar surface area (TPSA) is 0 Å². The van der Waals surface area contributed by atoms with E-state index >= 15 is 0 Å². The summed E-state index contributed by atoms with van der Waals surface area (Å²) in [7, 11) is 0. The summed E-state index contributed by atoms with van der Waals surface area (Å²) in [6.45, 7) is 0. The minimum absolute atomic E-state index is 1.23. The predicted molar refractivity (Wildman–Crippen MR) is 239 cm³/mol. The van der Waals surface area contributed by atoms with E-state index in [1.807, 2.05) is 22.7 Å². The second-order valence-corrected chi connectivity index (χ2v) is 16.5. The van der Waals surface area contributed by atoms with Crippen LogP contribution in [0.25, 0.3) is 117 Å². The van der Waals surface area contributed by atoms with Crippen LogP contribution in [0.4, 0.5) is 0 Å². The summed E-state index contributed by atoms with van der Waals surface area (Å²) in [5.41, 5.74) is 7.54. The molecule has 0 N–H and O–H groups in total. The van der Waals surface area contributed by atoms with Gasteiger partial charge in [0.25, 0.3) is 0 Å². The average molecular weight is 719 g/mol. The highest BCUT2D eigenvalue weighted by molar-refractivity contribution is 7.28. The van der Waals surface area contributed by atoms with Gasteiger partial charge in [0, 0.05) is 40.3 Å². The van der Waals surface area contributed by atoms with Gasteiger partial charge in [-0.3, -0.25) is 0 Å². The minimum Gasteiger partial charge on any atom is -0.135 e. The molecule has 250 valence electrons. The van der Waals surface area contributed by atoms with Crippen molar-refractivity contribution in [2.75, 3.05) is 0 Å². The van der Waals surface area contributed by atoms with Gasteiger partial charge in [-0.25, -0.2) is 0 Å². The molecule has 0 aliphatic rings. The average Bonchev–Trinajstić information content (AvgIpc) is 3.78. The van der Waals surface area contributed by atoms with E-state index in [0.717, 1.165) is 0 Å². The van der Waals surface area contributed by atoms with Crippen LogP contribution in [0.3, 0.4) is 0 Å². The standard InChI is InChI=1S/C52H30S2/c1-2-12-33-26-35(21-20-31(33)10-1)34-13-9-14-36(27-34)50-39-16-5-7-18-41(39)51(42-19-8-6-17-40(42)50)37-23-25-47-44(28-37)46-30-49-45(29-48(46)53-47)43-24-22-32-11-3-4-15-38(32)52(43)54-49/h1-30H. The molecule has 0 aliphatic carbocycles. The van der Waals surface area contributed by atoms with Gasteiger partial charge in [0.2, 0.25) is 0 Å². The largest absolute Gasteiger partial charge is 0.135 e. The van der Waals surface area contributed by atoms with E-state index in [0.29, 0.717) is 0 Å². The van der Waals surface area contributed by atoms with Crippen molar-refractivity contribution in [3.8, 4) is 33.4 Å². The van der Waals surface area contributed by atoms with Gasteiger partial charge in [-0.1, -0.05) is 146 Å². The summed E-state index contributed by atoms with van der Waals surface area (Å²) in [6, 6.07) is 67.9. The summed E-state index contributed by atoms with van der Waals surface area (Å²) in [5, 5.41) is 15.7. The zero-order chi connectivity index (χ0) is 35.3. The third kappa shape index (κ3) is 4.48. The van der Waals surface area contributed by atoms with Gasteiger partial charge in [-0.15, -0.1) is 22.7 Å². The molecule has 12 aromatic rings. The lowest BCUT2D eigenvalue weighted by Gasteiger charge is -2.18. The van der Waals surface area contributed by atoms with Crippen LogP contribution in [0.1, 0.15) is 0 Å². The van der Waals surface area contributed by atoms with E-state index in [9.17, 15) is 0 Å². The van der Waals surface area contributed by atoms with Gasteiger partial charge in [0.05, 0.1) is 0 Å². The van der Waals surface area contributed by atoms with E-state index in [-0.39, 0.29) is 0 Å². The molecule has 0 nitrogen and oxygen atoms in total. The third-order valence-electron chi connectivity index (χ3n) is 11.4. The number of thiophene rings is 2. The van der Waals surface area contributed by atoms with Crippen molar-refractivity contribution in [1.82, 2.24) is 0 Å². The molecule has 0 saturated heterocycles. The third-order valence-corrected chi connectivity index (χ3v) is 13.7. The molecule has 0 unspecified atom stereocenters. The highest BCUT2D eigenvalue weighted by Gasteiger charge is 2.19. The summed E-state index contributed by atoms with van der Waals surface area (Å²) >= 11 is 3.83. The zero-order valence-electron chi connectivity index (χ0n) is 29.1. The van der Waals surface area contributed by atoms with Crippen molar-refractivity contribution in [2.24, 2.45) is 0 Å². The Morgan fingerprint density at radius 2 is 0.759 bits per heavy atom. The fraction of sp³-hybridized carbons (Fsp3) is 0. The van der Waals surface area contributed by atoms with Crippen LogP contribution < -0.4 is 0 Å². The van der Waals surface area contributed by atoms with E-state index in [1.165, 1.54) is 117 Å². The van der Waals surface area contributed by atoms with Gasteiger partial charge < -0.3 is 0 Å². The molecular formula is C52H30S2. The number of rotatable bonds is 3. The Kier molecular flexibility index (Phi) is 6.48. The van der Waals surface area contributed by atoms with Gasteiger partial charge in [-0.05, 0) is 113 Å². The van der Waals surface area contributed by atoms with Gasteiger partial charge in [-0.2, -0.15) is 0 Å². The van der Waals surface area contributed by atoms with E-state index < -0.39 is 0 Å². The molecular weight excluding hydrogens is 689 g/mol. The molecule has 0 bridgehead atoms. The quantitative estimate of drug-likeness (QED) is 0.160. The van der Waals surface area contributed by atoms with Crippen molar-refractivity contribution in [2.45, 2.75) is 0 Å². The van der Waals surface area contributed by atoms with Crippen LogP contribution in [-0.4, -0.2) is 0 Å². The Labute approximate surface area is 319 Å². The van der Waals surface area contributed by atoms with Crippen LogP contribution in [0.5, 0.6) is 0 Å². The van der Waals surface area contributed by atoms with Crippen LogP contribution in [-0.2, 0) is 0 Å². The second-order valence-electron chi connectivity index (χ2n) is 14.4. The first-order valence-corrected chi connectivity index (χ1v) is 20.1. The smallest absolute Gasteiger partial charge is 0.0433 e. The Morgan fingerprint density at radius 1 is 0.241 bits per heavy atom. The Bertz CT molecular complexity index is 3450. The maximum Gasteiger partial charge on any atom is 0.0433 e. The molecule has 0 aliphatic heterocycles. The van der Waals surface area contributed by atoms with Crippen molar-refractivity contribution >= 4 is 106 Å². The predicted octanol–water partition coefficient (Wildman–Crippen LogP) is 16.0. The number of hydrogen-bond donors (Lipinski definition) is 0. The lowest BCUT2D eigenvalue weighted by molar-refractivity contribution is 1.63. The number of benzene rings is 10. The maximum absolute atomic E-state index is 2.46. The molecule has 0 spiro atoms. The van der Waals surface area contributed by atoms with E-state index in [4.69, 9.17) is 0 Å².